The van der Waals surface area contributed by atoms with Crippen molar-refractivity contribution in [2.45, 2.75) is 0 Å². The van der Waals surface area contributed by atoms with Crippen molar-refractivity contribution >= 4 is 21.7 Å². The average molecular weight is 119 g/mol. The second kappa shape index (κ2) is 1.91. The van der Waals surface area contributed by atoms with Gasteiger partial charge in [0.2, 0.25) is 6.08 Å². The molecule has 0 N–H and O–H groups in total. The first kappa shape index (κ1) is 6.40. The van der Waals surface area contributed by atoms with Crippen LogP contribution in [0.2, 0.25) is 0 Å². The van der Waals surface area contributed by atoms with Gasteiger partial charge in [0.1, 0.15) is 0 Å². The quantitative estimate of drug-likeness (QED) is 0.267. The molecule has 3 nitrogen and oxygen atoms in total. The van der Waals surface area contributed by atoms with E-state index in [4.69, 9.17) is 0 Å². The lowest BCUT2D eigenvalue weighted by atomic mass is 11.7. The molecule has 0 aliphatic heterocycles. The molecule has 0 saturated carbocycles. The molecule has 0 radical (unpaired) electrons. The van der Waals surface area contributed by atoms with Crippen molar-refractivity contribution < 1.29 is 9.00 Å². The van der Waals surface area contributed by atoms with Gasteiger partial charge < -0.3 is 0 Å². The van der Waals surface area contributed by atoms with Gasteiger partial charge in [-0.3, -0.25) is 0 Å². The van der Waals surface area contributed by atoms with Crippen molar-refractivity contribution in [2.75, 3.05) is 6.26 Å². The molecule has 1 unspecified atom stereocenters. The molecular formula is C3H5NO2S. The molecule has 0 heterocycles. The van der Waals surface area contributed by atoms with E-state index >= 15 is 0 Å². The van der Waals surface area contributed by atoms with E-state index < -0.39 is 9.71 Å². The molecule has 0 aliphatic carbocycles. The first-order valence-electron chi connectivity index (χ1n) is 1.47. The highest BCUT2D eigenvalue weighted by Gasteiger charge is 1.81. The Morgan fingerprint density at radius 3 is 2.29 bits per heavy atom. The minimum atomic E-state index is -2.47. The summed E-state index contributed by atoms with van der Waals surface area (Å²) < 4.78 is 13.1. The van der Waals surface area contributed by atoms with Gasteiger partial charge in [-0.15, -0.1) is 4.40 Å². The Bertz CT molecular complexity index is 185. The lowest BCUT2D eigenvalue weighted by molar-refractivity contribution is 0.566. The first-order chi connectivity index (χ1) is 3.06. The van der Waals surface area contributed by atoms with Crippen molar-refractivity contribution in [1.82, 2.24) is 0 Å². The van der Waals surface area contributed by atoms with Crippen molar-refractivity contribution in [1.29, 1.82) is 0 Å². The summed E-state index contributed by atoms with van der Waals surface area (Å²) >= 11 is 0. The van der Waals surface area contributed by atoms with E-state index in [9.17, 15) is 9.00 Å². The highest BCUT2D eigenvalue weighted by molar-refractivity contribution is 7.98. The summed E-state index contributed by atoms with van der Waals surface area (Å²) in [6, 6.07) is 0. The third-order valence-electron chi connectivity index (χ3n) is 0.230. The van der Waals surface area contributed by atoms with Gasteiger partial charge in [-0.2, -0.15) is 0 Å². The monoisotopic (exact) mass is 119 g/mol. The summed E-state index contributed by atoms with van der Waals surface area (Å²) in [6.07, 6.45) is 2.41. The number of hydrogen-bond donors (Lipinski definition) is 0. The first-order valence-corrected chi connectivity index (χ1v) is 3.57. The van der Waals surface area contributed by atoms with Crippen molar-refractivity contribution in [3.8, 4) is 0 Å². The summed E-state index contributed by atoms with van der Waals surface area (Å²) in [6.45, 7) is 0. The zero-order chi connectivity index (χ0) is 5.91. The van der Waals surface area contributed by atoms with E-state index in [-0.39, 0.29) is 0 Å². The molecule has 7 heavy (non-hydrogen) atoms. The zero-order valence-electron chi connectivity index (χ0n) is 3.88. The fourth-order valence-corrected chi connectivity index (χ4v) is 0.237. The number of carbonyl (C=O) groups excluding carboxylic acids is 1. The molecule has 0 amide bonds. The second-order valence-corrected chi connectivity index (χ2v) is 3.24. The van der Waals surface area contributed by atoms with E-state index in [1.165, 1.54) is 6.26 Å². The van der Waals surface area contributed by atoms with Crippen LogP contribution in [-0.2, 0) is 14.5 Å². The van der Waals surface area contributed by atoms with E-state index in [2.05, 4.69) is 10.3 Å². The van der Waals surface area contributed by atoms with Gasteiger partial charge in [-0.05, 0) is 5.87 Å². The van der Waals surface area contributed by atoms with Gasteiger partial charge in [-0.25, -0.2) is 9.00 Å². The van der Waals surface area contributed by atoms with Crippen molar-refractivity contribution in [3.63, 3.8) is 0 Å². The van der Waals surface area contributed by atoms with Gasteiger partial charge in [0.15, 0.2) is 0 Å². The molecule has 1 atom stereocenters. The Labute approximate surface area is 42.2 Å². The number of rotatable bonds is 1. The predicted octanol–water partition coefficient (Wildman–Crippen LogP) is -0.417. The third kappa shape index (κ3) is 5.40. The minimum absolute atomic E-state index is 1.14. The SMILES string of the molecule is C=S(C)(=O)N=C=O. The molecule has 0 saturated heterocycles. The average Bonchev–Trinajstić information content (AvgIpc) is 1.30. The van der Waals surface area contributed by atoms with Gasteiger partial charge in [0, 0.05) is 6.26 Å². The normalized spacial score (nSPS) is 16.7. The van der Waals surface area contributed by atoms with Crippen molar-refractivity contribution in [3.05, 3.63) is 0 Å². The van der Waals surface area contributed by atoms with Crippen LogP contribution >= 0.6 is 0 Å². The maximum absolute atomic E-state index is 10.2. The second-order valence-electron chi connectivity index (χ2n) is 1.14. The number of isocyanates is 1. The van der Waals surface area contributed by atoms with E-state index in [1.807, 2.05) is 0 Å². The van der Waals surface area contributed by atoms with Crippen LogP contribution in [0.25, 0.3) is 0 Å². The topological polar surface area (TPSA) is 46.5 Å². The molecule has 0 aromatic rings. The summed E-state index contributed by atoms with van der Waals surface area (Å²) in [5.41, 5.74) is 0. The van der Waals surface area contributed by atoms with Crippen LogP contribution in [0.4, 0.5) is 0 Å². The third-order valence-corrected chi connectivity index (χ3v) is 0.691. The summed E-state index contributed by atoms with van der Waals surface area (Å²) in [5, 5.41) is 0. The van der Waals surface area contributed by atoms with Crippen LogP contribution in [0.15, 0.2) is 4.40 Å². The van der Waals surface area contributed by atoms with E-state index in [0.717, 1.165) is 6.08 Å². The lowest BCUT2D eigenvalue weighted by Gasteiger charge is -1.79. The van der Waals surface area contributed by atoms with Crippen LogP contribution in [0.5, 0.6) is 0 Å². The zero-order valence-corrected chi connectivity index (χ0v) is 4.70. The van der Waals surface area contributed by atoms with Crippen LogP contribution < -0.4 is 0 Å². The number of nitrogens with zero attached hydrogens (tertiary/aromatic N) is 1. The van der Waals surface area contributed by atoms with E-state index in [0.29, 0.717) is 0 Å². The fraction of sp³-hybridized carbons (Fsp3) is 0.333. The van der Waals surface area contributed by atoms with E-state index in [1.54, 1.807) is 0 Å². The molecule has 0 aliphatic rings. The molecule has 40 valence electrons. The van der Waals surface area contributed by atoms with Gasteiger partial charge in [0.25, 0.3) is 0 Å². The standard InChI is InChI=1S/C3H5NO2S/c1-7(2,6)4-3-5/h1H2,2H3. The fourth-order valence-electron chi connectivity index (χ4n) is 0.0788. The van der Waals surface area contributed by atoms with Crippen LogP contribution in [0.3, 0.4) is 0 Å². The molecule has 0 rings (SSSR count). The molecule has 0 spiro atoms. The Morgan fingerprint density at radius 1 is 1.86 bits per heavy atom. The molecule has 0 fully saturated rings. The summed E-state index contributed by atoms with van der Waals surface area (Å²) in [4.78, 5) is 9.31. The molecule has 0 aromatic carbocycles. The maximum atomic E-state index is 10.2. The molecule has 0 bridgehead atoms. The lowest BCUT2D eigenvalue weighted by Crippen LogP contribution is -1.86. The van der Waals surface area contributed by atoms with Crippen LogP contribution in [0, 0.1) is 0 Å². The summed E-state index contributed by atoms with van der Waals surface area (Å²) in [7, 11) is -2.47. The Hall–Kier alpha value is -0.600. The Kier molecular flexibility index (Phi) is 1.75. The molecule has 0 aromatic heterocycles. The molecule has 4 heteroatoms. The largest absolute Gasteiger partial charge is 0.249 e. The minimum Gasteiger partial charge on any atom is -0.245 e. The maximum Gasteiger partial charge on any atom is 0.249 e. The van der Waals surface area contributed by atoms with Crippen molar-refractivity contribution in [2.24, 2.45) is 4.40 Å². The highest BCUT2D eigenvalue weighted by Crippen LogP contribution is 1.76. The van der Waals surface area contributed by atoms with Gasteiger partial charge >= 0.3 is 0 Å². The van der Waals surface area contributed by atoms with Gasteiger partial charge in [0.05, 0.1) is 9.71 Å². The Morgan fingerprint density at radius 2 is 2.29 bits per heavy atom. The smallest absolute Gasteiger partial charge is 0.245 e. The van der Waals surface area contributed by atoms with Crippen LogP contribution in [0.1, 0.15) is 0 Å². The Balaban J connectivity index is 4.44. The van der Waals surface area contributed by atoms with Crippen LogP contribution in [-0.4, -0.2) is 22.4 Å². The van der Waals surface area contributed by atoms with Gasteiger partial charge in [-0.1, -0.05) is 0 Å². The summed E-state index contributed by atoms with van der Waals surface area (Å²) in [5.74, 6) is 3.06. The predicted molar refractivity (Wildman–Crippen MR) is 29.3 cm³/mol. The highest BCUT2D eigenvalue weighted by atomic mass is 32.2. The molecular weight excluding hydrogens is 114 g/mol. The number of hydrogen-bond acceptors (Lipinski definition) is 2.